The van der Waals surface area contributed by atoms with Gasteiger partial charge in [-0.25, -0.2) is 4.98 Å². The van der Waals surface area contributed by atoms with Crippen LogP contribution >= 0.6 is 0 Å². The third-order valence-electron chi connectivity index (χ3n) is 6.09. The van der Waals surface area contributed by atoms with Gasteiger partial charge >= 0.3 is 0 Å². The maximum Gasteiger partial charge on any atom is 0.220 e. The van der Waals surface area contributed by atoms with E-state index in [0.29, 0.717) is 24.8 Å². The van der Waals surface area contributed by atoms with Gasteiger partial charge in [0, 0.05) is 19.5 Å². The van der Waals surface area contributed by atoms with Gasteiger partial charge in [-0.1, -0.05) is 43.3 Å². The monoisotopic (exact) mass is 390 g/mol. The highest BCUT2D eigenvalue weighted by Gasteiger charge is 2.21. The Kier molecular flexibility index (Phi) is 6.25. The van der Waals surface area contributed by atoms with E-state index in [-0.39, 0.29) is 5.91 Å². The molecule has 1 atom stereocenters. The quantitative estimate of drug-likeness (QED) is 0.646. The number of piperidine rings is 1. The number of hydrogen-bond acceptors (Lipinski definition) is 3. The van der Waals surface area contributed by atoms with Gasteiger partial charge in [-0.2, -0.15) is 0 Å². The molecule has 29 heavy (non-hydrogen) atoms. The number of benzene rings is 2. The molecule has 1 fully saturated rings. The number of para-hydroxylation sites is 2. The molecule has 2 aromatic carbocycles. The zero-order valence-electron chi connectivity index (χ0n) is 17.1. The number of amides is 1. The first kappa shape index (κ1) is 19.6. The maximum absolute atomic E-state index is 12.3. The fraction of sp³-hybridized carbons (Fsp3) is 0.417. The summed E-state index contributed by atoms with van der Waals surface area (Å²) in [6.07, 6.45) is 4.88. The van der Waals surface area contributed by atoms with Gasteiger partial charge < -0.3 is 15.2 Å². The first-order chi connectivity index (χ1) is 14.2. The summed E-state index contributed by atoms with van der Waals surface area (Å²) in [5.41, 5.74) is 4.52. The van der Waals surface area contributed by atoms with Crippen LogP contribution in [0.3, 0.4) is 0 Å². The number of imidazole rings is 1. The maximum atomic E-state index is 12.3. The fourth-order valence-electron chi connectivity index (χ4n) is 4.24. The van der Waals surface area contributed by atoms with Crippen molar-refractivity contribution < 1.29 is 4.79 Å². The van der Waals surface area contributed by atoms with Gasteiger partial charge in [0.05, 0.1) is 17.4 Å². The Bertz CT molecular complexity index is 941. The van der Waals surface area contributed by atoms with E-state index in [0.717, 1.165) is 36.2 Å². The summed E-state index contributed by atoms with van der Waals surface area (Å²) in [5, 5.41) is 6.48. The average molecular weight is 391 g/mol. The van der Waals surface area contributed by atoms with Crippen LogP contribution in [0.25, 0.3) is 11.0 Å². The average Bonchev–Trinajstić information content (AvgIpc) is 3.17. The standard InChI is InChI=1S/C24H30N4O/c1-18(21-10-12-25-13-11-21)14-24(29)26-15-19-6-8-20(9-7-19)16-28-17-27-22-4-2-3-5-23(22)28/h2-9,17-18,21,25H,10-16H2,1H3,(H,26,29). The molecule has 152 valence electrons. The minimum absolute atomic E-state index is 0.157. The van der Waals surface area contributed by atoms with Crippen molar-refractivity contribution in [3.63, 3.8) is 0 Å². The lowest BCUT2D eigenvalue weighted by atomic mass is 9.84. The zero-order chi connectivity index (χ0) is 20.1. The Morgan fingerprint density at radius 1 is 1.14 bits per heavy atom. The van der Waals surface area contributed by atoms with Crippen LogP contribution in [0.15, 0.2) is 54.9 Å². The van der Waals surface area contributed by atoms with Gasteiger partial charge in [0.2, 0.25) is 5.91 Å². The van der Waals surface area contributed by atoms with E-state index >= 15 is 0 Å². The lowest BCUT2D eigenvalue weighted by Crippen LogP contribution is -2.33. The normalized spacial score (nSPS) is 16.0. The number of carbonyl (C=O) groups is 1. The minimum atomic E-state index is 0.157. The van der Waals surface area contributed by atoms with E-state index < -0.39 is 0 Å². The summed E-state index contributed by atoms with van der Waals surface area (Å²) < 4.78 is 2.16. The molecule has 4 rings (SSSR count). The van der Waals surface area contributed by atoms with Crippen molar-refractivity contribution in [3.05, 3.63) is 66.0 Å². The lowest BCUT2D eigenvalue weighted by Gasteiger charge is -2.27. The predicted octanol–water partition coefficient (Wildman–Crippen LogP) is 3.73. The molecule has 5 heteroatoms. The predicted molar refractivity (Wildman–Crippen MR) is 116 cm³/mol. The van der Waals surface area contributed by atoms with Crippen LogP contribution in [0, 0.1) is 11.8 Å². The van der Waals surface area contributed by atoms with Crippen molar-refractivity contribution in [2.24, 2.45) is 11.8 Å². The van der Waals surface area contributed by atoms with Crippen molar-refractivity contribution in [3.8, 4) is 0 Å². The number of carbonyl (C=O) groups excluding carboxylic acids is 1. The van der Waals surface area contributed by atoms with E-state index in [9.17, 15) is 4.79 Å². The van der Waals surface area contributed by atoms with E-state index in [1.807, 2.05) is 24.5 Å². The smallest absolute Gasteiger partial charge is 0.220 e. The molecule has 3 aromatic rings. The van der Waals surface area contributed by atoms with E-state index in [4.69, 9.17) is 0 Å². The van der Waals surface area contributed by atoms with E-state index in [1.54, 1.807) is 0 Å². The molecule has 1 aliphatic rings. The Balaban J connectivity index is 1.27. The second-order valence-electron chi connectivity index (χ2n) is 8.22. The van der Waals surface area contributed by atoms with Crippen molar-refractivity contribution in [1.29, 1.82) is 0 Å². The molecular weight excluding hydrogens is 360 g/mol. The molecule has 0 aliphatic carbocycles. The molecule has 5 nitrogen and oxygen atoms in total. The summed E-state index contributed by atoms with van der Waals surface area (Å²) in [4.78, 5) is 16.8. The Hall–Kier alpha value is -2.66. The Morgan fingerprint density at radius 2 is 1.86 bits per heavy atom. The van der Waals surface area contributed by atoms with E-state index in [1.165, 1.54) is 18.4 Å². The van der Waals surface area contributed by atoms with Gasteiger partial charge in [0.1, 0.15) is 0 Å². The van der Waals surface area contributed by atoms with Gasteiger partial charge in [0.15, 0.2) is 0 Å². The highest BCUT2D eigenvalue weighted by molar-refractivity contribution is 5.76. The minimum Gasteiger partial charge on any atom is -0.352 e. The van der Waals surface area contributed by atoms with E-state index in [2.05, 4.69) is 57.4 Å². The summed E-state index contributed by atoms with van der Waals surface area (Å²) in [5.74, 6) is 1.27. The Morgan fingerprint density at radius 3 is 2.66 bits per heavy atom. The second-order valence-corrected chi connectivity index (χ2v) is 8.22. The molecule has 0 bridgehead atoms. The summed E-state index contributed by atoms with van der Waals surface area (Å²) in [6, 6.07) is 16.6. The molecule has 0 saturated carbocycles. The van der Waals surface area contributed by atoms with Gasteiger partial charge in [0.25, 0.3) is 0 Å². The van der Waals surface area contributed by atoms with Gasteiger partial charge in [-0.05, 0) is 61.0 Å². The van der Waals surface area contributed by atoms with Gasteiger partial charge in [-0.15, -0.1) is 0 Å². The molecule has 1 aliphatic heterocycles. The fourth-order valence-corrected chi connectivity index (χ4v) is 4.24. The van der Waals surface area contributed by atoms with Gasteiger partial charge in [-0.3, -0.25) is 4.79 Å². The molecular formula is C24H30N4O. The van der Waals surface area contributed by atoms with Crippen molar-refractivity contribution in [2.75, 3.05) is 13.1 Å². The van der Waals surface area contributed by atoms with Crippen LogP contribution in [-0.2, 0) is 17.9 Å². The SMILES string of the molecule is CC(CC(=O)NCc1ccc(Cn2cnc3ccccc32)cc1)C1CCNCC1. The number of rotatable bonds is 7. The lowest BCUT2D eigenvalue weighted by molar-refractivity contribution is -0.122. The van der Waals surface area contributed by atoms with Crippen LogP contribution in [0.2, 0.25) is 0 Å². The van der Waals surface area contributed by atoms with Crippen LogP contribution < -0.4 is 10.6 Å². The number of hydrogen-bond donors (Lipinski definition) is 2. The Labute approximate surface area is 172 Å². The summed E-state index contributed by atoms with van der Waals surface area (Å²) in [6.45, 7) is 5.76. The number of fused-ring (bicyclic) bond motifs is 1. The highest BCUT2D eigenvalue weighted by atomic mass is 16.1. The van der Waals surface area contributed by atoms with Crippen LogP contribution in [0.5, 0.6) is 0 Å². The van der Waals surface area contributed by atoms with Crippen molar-refractivity contribution >= 4 is 16.9 Å². The molecule has 1 amide bonds. The summed E-state index contributed by atoms with van der Waals surface area (Å²) >= 11 is 0. The van der Waals surface area contributed by atoms with Crippen LogP contribution in [-0.4, -0.2) is 28.5 Å². The third kappa shape index (κ3) is 5.04. The van der Waals surface area contributed by atoms with Crippen molar-refractivity contribution in [2.45, 2.75) is 39.3 Å². The zero-order valence-corrected chi connectivity index (χ0v) is 17.1. The van der Waals surface area contributed by atoms with Crippen molar-refractivity contribution in [1.82, 2.24) is 20.2 Å². The molecule has 2 N–H and O–H groups in total. The molecule has 0 spiro atoms. The molecule has 0 radical (unpaired) electrons. The first-order valence-electron chi connectivity index (χ1n) is 10.6. The molecule has 1 saturated heterocycles. The third-order valence-corrected chi connectivity index (χ3v) is 6.09. The number of nitrogens with one attached hydrogen (secondary N) is 2. The molecule has 1 aromatic heterocycles. The summed E-state index contributed by atoms with van der Waals surface area (Å²) in [7, 11) is 0. The van der Waals surface area contributed by atoms with Crippen LogP contribution in [0.1, 0.15) is 37.3 Å². The highest BCUT2D eigenvalue weighted by Crippen LogP contribution is 2.24. The topological polar surface area (TPSA) is 59.0 Å². The first-order valence-corrected chi connectivity index (χ1v) is 10.6. The van der Waals surface area contributed by atoms with Crippen LogP contribution in [0.4, 0.5) is 0 Å². The molecule has 1 unspecified atom stereocenters. The molecule has 2 heterocycles. The number of aromatic nitrogens is 2. The second kappa shape index (κ2) is 9.23. The number of nitrogens with zero attached hydrogens (tertiary/aromatic N) is 2. The largest absolute Gasteiger partial charge is 0.352 e.